The summed E-state index contributed by atoms with van der Waals surface area (Å²) >= 11 is 0. The molecule has 0 bridgehead atoms. The Balaban J connectivity index is 3.15. The van der Waals surface area contributed by atoms with Crippen LogP contribution in [0.25, 0.3) is 0 Å². The van der Waals surface area contributed by atoms with Crippen molar-refractivity contribution < 1.29 is 9.47 Å². The lowest BCUT2D eigenvalue weighted by Gasteiger charge is -2.25. The van der Waals surface area contributed by atoms with Crippen LogP contribution in [-0.4, -0.2) is 39.8 Å². The first kappa shape index (κ1) is 12.8. The number of benzene rings is 1. The van der Waals surface area contributed by atoms with Crippen LogP contribution >= 0.6 is 0 Å². The molecule has 0 saturated heterocycles. The molecular formula is C12H20N2O2. The summed E-state index contributed by atoms with van der Waals surface area (Å²) in [5.74, 6) is 1.65. The maximum absolute atomic E-state index is 5.78. The highest BCUT2D eigenvalue weighted by atomic mass is 16.5. The van der Waals surface area contributed by atoms with Crippen LogP contribution in [0.3, 0.4) is 0 Å². The molecule has 4 heteroatoms. The number of ether oxygens (including phenoxy) is 2. The van der Waals surface area contributed by atoms with Crippen molar-refractivity contribution in [2.45, 2.75) is 6.04 Å². The van der Waals surface area contributed by atoms with Crippen LogP contribution in [0.1, 0.15) is 11.6 Å². The molecule has 0 aliphatic rings. The Labute approximate surface area is 96.9 Å². The Bertz CT molecular complexity index is 340. The van der Waals surface area contributed by atoms with Crippen LogP contribution < -0.4 is 15.2 Å². The third-order valence-electron chi connectivity index (χ3n) is 2.64. The van der Waals surface area contributed by atoms with Gasteiger partial charge in [-0.05, 0) is 32.3 Å². The molecule has 0 saturated carbocycles. The molecule has 0 aliphatic carbocycles. The summed E-state index contributed by atoms with van der Waals surface area (Å²) in [5.41, 5.74) is 6.83. The first-order valence-corrected chi connectivity index (χ1v) is 5.22. The monoisotopic (exact) mass is 224 g/mol. The number of nitrogens with zero attached hydrogens (tertiary/aromatic N) is 1. The quantitative estimate of drug-likeness (QED) is 0.818. The maximum atomic E-state index is 5.78. The molecule has 16 heavy (non-hydrogen) atoms. The smallest absolute Gasteiger partial charge is 0.123 e. The number of likely N-dealkylation sites (N-methyl/N-ethyl adjacent to an activating group) is 1. The van der Waals surface area contributed by atoms with Gasteiger partial charge in [0.25, 0.3) is 0 Å². The minimum Gasteiger partial charge on any atom is -0.497 e. The molecule has 0 amide bonds. The van der Waals surface area contributed by atoms with E-state index in [-0.39, 0.29) is 6.04 Å². The maximum Gasteiger partial charge on any atom is 0.123 e. The zero-order valence-corrected chi connectivity index (χ0v) is 10.4. The first-order chi connectivity index (χ1) is 7.63. The average Bonchev–Trinajstić information content (AvgIpc) is 2.29. The Kier molecular flexibility index (Phi) is 4.58. The third kappa shape index (κ3) is 2.65. The Morgan fingerprint density at radius 1 is 1.25 bits per heavy atom. The van der Waals surface area contributed by atoms with Gasteiger partial charge in [0.15, 0.2) is 0 Å². The summed E-state index contributed by atoms with van der Waals surface area (Å²) in [4.78, 5) is 2.07. The zero-order chi connectivity index (χ0) is 12.1. The van der Waals surface area contributed by atoms with Gasteiger partial charge in [-0.15, -0.1) is 0 Å². The zero-order valence-electron chi connectivity index (χ0n) is 10.4. The molecule has 0 aliphatic heterocycles. The van der Waals surface area contributed by atoms with Crippen LogP contribution in [0, 0.1) is 0 Å². The second-order valence-electron chi connectivity index (χ2n) is 3.82. The highest BCUT2D eigenvalue weighted by Gasteiger charge is 2.17. The van der Waals surface area contributed by atoms with Gasteiger partial charge in [-0.25, -0.2) is 0 Å². The Hall–Kier alpha value is -1.26. The van der Waals surface area contributed by atoms with E-state index in [2.05, 4.69) is 4.90 Å². The summed E-state index contributed by atoms with van der Waals surface area (Å²) in [5, 5.41) is 0. The molecule has 0 unspecified atom stereocenters. The van der Waals surface area contributed by atoms with E-state index < -0.39 is 0 Å². The molecule has 1 aromatic rings. The van der Waals surface area contributed by atoms with Crippen molar-refractivity contribution in [3.8, 4) is 11.5 Å². The lowest BCUT2D eigenvalue weighted by molar-refractivity contribution is 0.293. The van der Waals surface area contributed by atoms with Gasteiger partial charge in [0.2, 0.25) is 0 Å². The molecule has 0 aromatic heterocycles. The molecule has 2 N–H and O–H groups in total. The number of hydrogen-bond acceptors (Lipinski definition) is 4. The SMILES string of the molecule is COc1ccc(OC)c([C@@H](CN)N(C)C)c1. The van der Waals surface area contributed by atoms with Crippen LogP contribution in [0.4, 0.5) is 0 Å². The van der Waals surface area contributed by atoms with Gasteiger partial charge < -0.3 is 20.1 Å². The van der Waals surface area contributed by atoms with Crippen LogP contribution in [0.2, 0.25) is 0 Å². The molecule has 1 rings (SSSR count). The van der Waals surface area contributed by atoms with Crippen molar-refractivity contribution in [1.29, 1.82) is 0 Å². The Morgan fingerprint density at radius 3 is 2.38 bits per heavy atom. The molecule has 90 valence electrons. The molecule has 0 radical (unpaired) electrons. The lowest BCUT2D eigenvalue weighted by Crippen LogP contribution is -2.27. The second kappa shape index (κ2) is 5.72. The van der Waals surface area contributed by atoms with E-state index in [0.29, 0.717) is 6.54 Å². The van der Waals surface area contributed by atoms with Crippen molar-refractivity contribution in [3.05, 3.63) is 23.8 Å². The summed E-state index contributed by atoms with van der Waals surface area (Å²) in [6.45, 7) is 0.538. The van der Waals surface area contributed by atoms with Gasteiger partial charge in [-0.2, -0.15) is 0 Å². The lowest BCUT2D eigenvalue weighted by atomic mass is 10.0. The van der Waals surface area contributed by atoms with Gasteiger partial charge >= 0.3 is 0 Å². The van der Waals surface area contributed by atoms with Gasteiger partial charge in [-0.3, -0.25) is 0 Å². The largest absolute Gasteiger partial charge is 0.497 e. The molecule has 0 spiro atoms. The molecule has 0 heterocycles. The number of rotatable bonds is 5. The molecule has 0 fully saturated rings. The predicted molar refractivity (Wildman–Crippen MR) is 65.0 cm³/mol. The van der Waals surface area contributed by atoms with Gasteiger partial charge in [0.05, 0.1) is 20.3 Å². The standard InChI is InChI=1S/C12H20N2O2/c1-14(2)11(8-13)10-7-9(15-3)5-6-12(10)16-4/h5-7,11H,8,13H2,1-4H3/t11-/m1/s1. The van der Waals surface area contributed by atoms with Crippen LogP contribution in [0.5, 0.6) is 11.5 Å². The van der Waals surface area contributed by atoms with E-state index in [1.54, 1.807) is 14.2 Å². The van der Waals surface area contributed by atoms with Gasteiger partial charge in [0.1, 0.15) is 11.5 Å². The Morgan fingerprint density at radius 2 is 1.94 bits per heavy atom. The number of methoxy groups -OCH3 is 2. The van der Waals surface area contributed by atoms with Crippen LogP contribution in [-0.2, 0) is 0 Å². The topological polar surface area (TPSA) is 47.7 Å². The average molecular weight is 224 g/mol. The highest BCUT2D eigenvalue weighted by Crippen LogP contribution is 2.30. The number of nitrogens with two attached hydrogens (primary N) is 1. The molecule has 1 atom stereocenters. The summed E-state index contributed by atoms with van der Waals surface area (Å²) in [7, 11) is 7.31. The van der Waals surface area contributed by atoms with E-state index in [1.165, 1.54) is 0 Å². The van der Waals surface area contributed by atoms with Crippen molar-refractivity contribution in [2.24, 2.45) is 5.73 Å². The fraction of sp³-hybridized carbons (Fsp3) is 0.500. The third-order valence-corrected chi connectivity index (χ3v) is 2.64. The van der Waals surface area contributed by atoms with E-state index in [9.17, 15) is 0 Å². The van der Waals surface area contributed by atoms with Crippen molar-refractivity contribution in [1.82, 2.24) is 4.90 Å². The summed E-state index contributed by atoms with van der Waals surface area (Å²) in [6, 6.07) is 5.88. The normalized spacial score (nSPS) is 12.6. The first-order valence-electron chi connectivity index (χ1n) is 5.22. The molecule has 4 nitrogen and oxygen atoms in total. The van der Waals surface area contributed by atoms with E-state index in [1.807, 2.05) is 32.3 Å². The highest BCUT2D eigenvalue weighted by molar-refractivity contribution is 5.42. The van der Waals surface area contributed by atoms with E-state index in [0.717, 1.165) is 17.1 Å². The van der Waals surface area contributed by atoms with Crippen LogP contribution in [0.15, 0.2) is 18.2 Å². The minimum absolute atomic E-state index is 0.130. The van der Waals surface area contributed by atoms with Crippen molar-refractivity contribution >= 4 is 0 Å². The molecular weight excluding hydrogens is 204 g/mol. The summed E-state index contributed by atoms with van der Waals surface area (Å²) < 4.78 is 10.6. The van der Waals surface area contributed by atoms with Gasteiger partial charge in [-0.1, -0.05) is 0 Å². The second-order valence-corrected chi connectivity index (χ2v) is 3.82. The van der Waals surface area contributed by atoms with E-state index in [4.69, 9.17) is 15.2 Å². The van der Waals surface area contributed by atoms with Gasteiger partial charge in [0, 0.05) is 12.1 Å². The fourth-order valence-corrected chi connectivity index (χ4v) is 1.72. The number of hydrogen-bond donors (Lipinski definition) is 1. The van der Waals surface area contributed by atoms with E-state index >= 15 is 0 Å². The fourth-order valence-electron chi connectivity index (χ4n) is 1.72. The van der Waals surface area contributed by atoms with Crippen molar-refractivity contribution in [2.75, 3.05) is 34.9 Å². The predicted octanol–water partition coefficient (Wildman–Crippen LogP) is 1.27. The molecule has 1 aromatic carbocycles. The minimum atomic E-state index is 0.130. The summed E-state index contributed by atoms with van der Waals surface area (Å²) in [6.07, 6.45) is 0. The van der Waals surface area contributed by atoms with Crippen molar-refractivity contribution in [3.63, 3.8) is 0 Å².